The first-order valence-corrected chi connectivity index (χ1v) is 9.94. The number of methoxy groups -OCH3 is 1. The summed E-state index contributed by atoms with van der Waals surface area (Å²) in [6.45, 7) is 1.69. The summed E-state index contributed by atoms with van der Waals surface area (Å²) in [5.74, 6) is 0.345. The summed E-state index contributed by atoms with van der Waals surface area (Å²) in [4.78, 5) is 22.7. The number of nitrogens with one attached hydrogen (secondary N) is 1. The molecular formula is C25H21N3O5. The summed E-state index contributed by atoms with van der Waals surface area (Å²) in [6, 6.07) is 20.3. The standard InChI is InChI=1S/C25H21N3O5/c1-17-6-10-21(11-7-17)27-24(29)16-33-25-19(4-3-5-23(25)32-2)14-20(15-26)18-8-12-22(13-9-18)28(30)31/h3-14H,16H2,1-2H3,(H,27,29)/b20-14-. The molecule has 1 amide bonds. The van der Waals surface area contributed by atoms with Crippen molar-refractivity contribution in [2.24, 2.45) is 0 Å². The maximum Gasteiger partial charge on any atom is 0.269 e. The molecule has 0 atom stereocenters. The molecular weight excluding hydrogens is 422 g/mol. The van der Waals surface area contributed by atoms with E-state index >= 15 is 0 Å². The number of rotatable bonds is 8. The van der Waals surface area contributed by atoms with E-state index in [0.717, 1.165) is 5.56 Å². The van der Waals surface area contributed by atoms with Crippen LogP contribution in [0.4, 0.5) is 11.4 Å². The highest BCUT2D eigenvalue weighted by Gasteiger charge is 2.14. The van der Waals surface area contributed by atoms with Crippen molar-refractivity contribution in [3.8, 4) is 17.6 Å². The number of hydrogen-bond acceptors (Lipinski definition) is 6. The van der Waals surface area contributed by atoms with Crippen molar-refractivity contribution >= 4 is 28.9 Å². The van der Waals surface area contributed by atoms with E-state index in [9.17, 15) is 20.2 Å². The Morgan fingerprint density at radius 1 is 1.12 bits per heavy atom. The molecule has 0 aliphatic rings. The Morgan fingerprint density at radius 3 is 2.42 bits per heavy atom. The van der Waals surface area contributed by atoms with Gasteiger partial charge in [-0.25, -0.2) is 0 Å². The molecule has 33 heavy (non-hydrogen) atoms. The van der Waals surface area contributed by atoms with Gasteiger partial charge in [0.25, 0.3) is 11.6 Å². The predicted molar refractivity (Wildman–Crippen MR) is 125 cm³/mol. The van der Waals surface area contributed by atoms with E-state index in [0.29, 0.717) is 28.3 Å². The van der Waals surface area contributed by atoms with E-state index in [4.69, 9.17) is 9.47 Å². The fourth-order valence-electron chi connectivity index (χ4n) is 3.03. The molecule has 8 heteroatoms. The van der Waals surface area contributed by atoms with Gasteiger partial charge >= 0.3 is 0 Å². The minimum absolute atomic E-state index is 0.0685. The number of non-ortho nitro benzene ring substituents is 1. The highest BCUT2D eigenvalue weighted by Crippen LogP contribution is 2.34. The largest absolute Gasteiger partial charge is 0.493 e. The smallest absolute Gasteiger partial charge is 0.269 e. The van der Waals surface area contributed by atoms with Crippen LogP contribution in [0.25, 0.3) is 11.6 Å². The van der Waals surface area contributed by atoms with Crippen molar-refractivity contribution in [3.63, 3.8) is 0 Å². The van der Waals surface area contributed by atoms with Crippen molar-refractivity contribution in [2.75, 3.05) is 19.0 Å². The lowest BCUT2D eigenvalue weighted by Gasteiger charge is -2.14. The Balaban J connectivity index is 1.84. The van der Waals surface area contributed by atoms with Crippen molar-refractivity contribution < 1.29 is 19.2 Å². The molecule has 0 radical (unpaired) electrons. The Kier molecular flexibility index (Phi) is 7.39. The number of ether oxygens (including phenoxy) is 2. The monoisotopic (exact) mass is 443 g/mol. The summed E-state index contributed by atoms with van der Waals surface area (Å²) in [6.07, 6.45) is 1.58. The van der Waals surface area contributed by atoms with Crippen molar-refractivity contribution in [3.05, 3.63) is 93.5 Å². The molecule has 0 aliphatic heterocycles. The molecule has 0 saturated heterocycles. The minimum Gasteiger partial charge on any atom is -0.493 e. The number of nitriles is 1. The molecule has 3 aromatic carbocycles. The van der Waals surface area contributed by atoms with Gasteiger partial charge in [0.2, 0.25) is 0 Å². The van der Waals surface area contributed by atoms with Gasteiger partial charge in [0.15, 0.2) is 18.1 Å². The number of anilines is 1. The van der Waals surface area contributed by atoms with Gasteiger partial charge in [-0.1, -0.05) is 29.8 Å². The first kappa shape index (κ1) is 23.0. The highest BCUT2D eigenvalue weighted by molar-refractivity contribution is 5.93. The van der Waals surface area contributed by atoms with E-state index in [1.54, 1.807) is 36.4 Å². The van der Waals surface area contributed by atoms with Crippen LogP contribution in [0.3, 0.4) is 0 Å². The Labute approximate surface area is 190 Å². The summed E-state index contributed by atoms with van der Waals surface area (Å²) in [5, 5.41) is 23.3. The third kappa shape index (κ3) is 5.95. The van der Waals surface area contributed by atoms with Gasteiger partial charge in [-0.05, 0) is 48.9 Å². The van der Waals surface area contributed by atoms with E-state index in [2.05, 4.69) is 11.4 Å². The number of nitro benzene ring substituents is 1. The summed E-state index contributed by atoms with van der Waals surface area (Å²) in [7, 11) is 1.48. The zero-order chi connectivity index (χ0) is 23.8. The lowest BCUT2D eigenvalue weighted by Crippen LogP contribution is -2.20. The van der Waals surface area contributed by atoms with Crippen molar-refractivity contribution in [2.45, 2.75) is 6.92 Å². The Hall–Kier alpha value is -4.64. The SMILES string of the molecule is COc1cccc(/C=C(/C#N)c2ccc([N+](=O)[O-])cc2)c1OCC(=O)Nc1ccc(C)cc1. The molecule has 3 rings (SSSR count). The van der Waals surface area contributed by atoms with E-state index < -0.39 is 4.92 Å². The number of hydrogen-bond donors (Lipinski definition) is 1. The third-order valence-corrected chi connectivity index (χ3v) is 4.72. The normalized spacial score (nSPS) is 10.8. The molecule has 0 bridgehead atoms. The number of amides is 1. The number of para-hydroxylation sites is 1. The van der Waals surface area contributed by atoms with E-state index in [1.165, 1.54) is 31.4 Å². The first-order chi connectivity index (χ1) is 15.9. The van der Waals surface area contributed by atoms with Crippen LogP contribution in [0.1, 0.15) is 16.7 Å². The number of aryl methyl sites for hydroxylation is 1. The molecule has 0 fully saturated rings. The van der Waals surface area contributed by atoms with Crippen LogP contribution in [0.2, 0.25) is 0 Å². The molecule has 0 saturated carbocycles. The van der Waals surface area contributed by atoms with E-state index in [-0.39, 0.29) is 23.8 Å². The average molecular weight is 443 g/mol. The maximum absolute atomic E-state index is 12.4. The lowest BCUT2D eigenvalue weighted by atomic mass is 10.0. The zero-order valence-electron chi connectivity index (χ0n) is 18.1. The van der Waals surface area contributed by atoms with E-state index in [1.807, 2.05) is 19.1 Å². The number of nitro groups is 1. The molecule has 1 N–H and O–H groups in total. The van der Waals surface area contributed by atoms with Gasteiger partial charge < -0.3 is 14.8 Å². The third-order valence-electron chi connectivity index (χ3n) is 4.72. The lowest BCUT2D eigenvalue weighted by molar-refractivity contribution is -0.384. The Morgan fingerprint density at radius 2 is 1.82 bits per heavy atom. The summed E-state index contributed by atoms with van der Waals surface area (Å²) < 4.78 is 11.1. The fourth-order valence-corrected chi connectivity index (χ4v) is 3.03. The summed E-state index contributed by atoms with van der Waals surface area (Å²) in [5.41, 5.74) is 2.96. The van der Waals surface area contributed by atoms with Crippen LogP contribution >= 0.6 is 0 Å². The number of carbonyl (C=O) groups excluding carboxylic acids is 1. The molecule has 0 heterocycles. The second-order valence-electron chi connectivity index (χ2n) is 7.06. The van der Waals surface area contributed by atoms with Crippen molar-refractivity contribution in [1.82, 2.24) is 0 Å². The van der Waals surface area contributed by atoms with Gasteiger partial charge in [0.05, 0.1) is 23.7 Å². The summed E-state index contributed by atoms with van der Waals surface area (Å²) >= 11 is 0. The van der Waals surface area contributed by atoms with Crippen LogP contribution in [0.5, 0.6) is 11.5 Å². The number of carbonyl (C=O) groups is 1. The van der Waals surface area contributed by atoms with Crippen LogP contribution < -0.4 is 14.8 Å². The zero-order valence-corrected chi connectivity index (χ0v) is 18.1. The van der Waals surface area contributed by atoms with Crippen molar-refractivity contribution in [1.29, 1.82) is 5.26 Å². The molecule has 8 nitrogen and oxygen atoms in total. The molecule has 0 unspecified atom stereocenters. The van der Waals surface area contributed by atoms with Gasteiger partial charge in [-0.15, -0.1) is 0 Å². The number of allylic oxidation sites excluding steroid dienone is 1. The van der Waals surface area contributed by atoms with Gasteiger partial charge in [-0.3, -0.25) is 14.9 Å². The van der Waals surface area contributed by atoms with Crippen LogP contribution in [-0.2, 0) is 4.79 Å². The van der Waals surface area contributed by atoms with Crippen LogP contribution in [-0.4, -0.2) is 24.5 Å². The quantitative estimate of drug-likeness (QED) is 0.227. The molecule has 0 aromatic heterocycles. The molecule has 3 aromatic rings. The second kappa shape index (κ2) is 10.6. The minimum atomic E-state index is -0.505. The molecule has 0 spiro atoms. The van der Waals surface area contributed by atoms with Gasteiger partial charge in [-0.2, -0.15) is 5.26 Å². The molecule has 166 valence electrons. The topological polar surface area (TPSA) is 114 Å². The van der Waals surface area contributed by atoms with Crippen LogP contribution in [0, 0.1) is 28.4 Å². The molecule has 0 aliphatic carbocycles. The average Bonchev–Trinajstić information content (AvgIpc) is 2.82. The van der Waals surface area contributed by atoms with Gasteiger partial charge in [0.1, 0.15) is 0 Å². The Bertz CT molecular complexity index is 1230. The van der Waals surface area contributed by atoms with Gasteiger partial charge in [0, 0.05) is 23.4 Å². The number of nitrogens with zero attached hydrogens (tertiary/aromatic N) is 2. The fraction of sp³-hybridized carbons (Fsp3) is 0.120. The highest BCUT2D eigenvalue weighted by atomic mass is 16.6. The predicted octanol–water partition coefficient (Wildman–Crippen LogP) is 4.99. The maximum atomic E-state index is 12.4. The second-order valence-corrected chi connectivity index (χ2v) is 7.06. The number of benzene rings is 3. The van der Waals surface area contributed by atoms with Crippen LogP contribution in [0.15, 0.2) is 66.7 Å². The first-order valence-electron chi connectivity index (χ1n) is 9.94.